The molecule has 0 bridgehead atoms. The minimum atomic E-state index is 0.547. The summed E-state index contributed by atoms with van der Waals surface area (Å²) in [5.74, 6) is 0. The predicted molar refractivity (Wildman–Crippen MR) is 46.6 cm³/mol. The van der Waals surface area contributed by atoms with Gasteiger partial charge in [-0.1, -0.05) is 24.6 Å². The number of rotatable bonds is 3. The first kappa shape index (κ1) is 8.50. The van der Waals surface area contributed by atoms with Gasteiger partial charge in [-0.05, 0) is 18.2 Å². The molecule has 0 aromatic carbocycles. The topological polar surface area (TPSA) is 24.9 Å². The fraction of sp³-hybridized carbons (Fsp3) is 0.375. The second-order valence-electron chi connectivity index (χ2n) is 2.27. The zero-order valence-corrected chi connectivity index (χ0v) is 7.23. The van der Waals surface area contributed by atoms with Gasteiger partial charge >= 0.3 is 0 Å². The van der Waals surface area contributed by atoms with E-state index >= 15 is 0 Å². The van der Waals surface area contributed by atoms with E-state index in [4.69, 9.17) is 11.6 Å². The van der Waals surface area contributed by atoms with Crippen molar-refractivity contribution in [1.29, 1.82) is 0 Å². The smallest absolute Gasteiger partial charge is 0.129 e. The van der Waals surface area contributed by atoms with E-state index in [1.807, 2.05) is 6.07 Å². The van der Waals surface area contributed by atoms with Gasteiger partial charge in [-0.25, -0.2) is 4.98 Å². The lowest BCUT2D eigenvalue weighted by Gasteiger charge is -1.99. The Labute approximate surface area is 71.6 Å². The van der Waals surface area contributed by atoms with Crippen molar-refractivity contribution in [1.82, 2.24) is 10.3 Å². The maximum Gasteiger partial charge on any atom is 0.129 e. The molecule has 0 atom stereocenters. The summed E-state index contributed by atoms with van der Waals surface area (Å²) >= 11 is 5.61. The van der Waals surface area contributed by atoms with E-state index in [2.05, 4.69) is 17.2 Å². The van der Waals surface area contributed by atoms with E-state index in [1.54, 1.807) is 12.3 Å². The summed E-state index contributed by atoms with van der Waals surface area (Å²) in [6.45, 7) is 3.91. The summed E-state index contributed by atoms with van der Waals surface area (Å²) in [6, 6.07) is 3.77. The van der Waals surface area contributed by atoms with E-state index in [9.17, 15) is 0 Å². The maximum atomic E-state index is 5.61. The van der Waals surface area contributed by atoms with Crippen LogP contribution in [0, 0.1) is 0 Å². The van der Waals surface area contributed by atoms with Crippen molar-refractivity contribution in [2.24, 2.45) is 0 Å². The second-order valence-corrected chi connectivity index (χ2v) is 2.66. The number of pyridine rings is 1. The fourth-order valence-electron chi connectivity index (χ4n) is 0.780. The molecule has 0 aliphatic rings. The summed E-state index contributed by atoms with van der Waals surface area (Å²) in [7, 11) is 0. The van der Waals surface area contributed by atoms with Crippen molar-refractivity contribution >= 4 is 11.6 Å². The van der Waals surface area contributed by atoms with Crippen molar-refractivity contribution in [3.8, 4) is 0 Å². The largest absolute Gasteiger partial charge is 0.313 e. The summed E-state index contributed by atoms with van der Waals surface area (Å²) in [4.78, 5) is 3.96. The highest BCUT2D eigenvalue weighted by Gasteiger charge is 1.91. The highest BCUT2D eigenvalue weighted by molar-refractivity contribution is 6.29. The molecule has 60 valence electrons. The van der Waals surface area contributed by atoms with E-state index in [0.29, 0.717) is 5.15 Å². The Balaban J connectivity index is 2.52. The van der Waals surface area contributed by atoms with Crippen LogP contribution in [-0.2, 0) is 6.54 Å². The summed E-state index contributed by atoms with van der Waals surface area (Å²) in [5.41, 5.74) is 1.16. The average molecular weight is 171 g/mol. The molecule has 11 heavy (non-hydrogen) atoms. The van der Waals surface area contributed by atoms with Crippen LogP contribution in [0.1, 0.15) is 12.5 Å². The Hall–Kier alpha value is -0.600. The number of aromatic nitrogens is 1. The third-order valence-corrected chi connectivity index (χ3v) is 1.59. The number of halogens is 1. The van der Waals surface area contributed by atoms with E-state index in [-0.39, 0.29) is 0 Å². The minimum Gasteiger partial charge on any atom is -0.313 e. The van der Waals surface area contributed by atoms with Crippen molar-refractivity contribution in [3.63, 3.8) is 0 Å². The first-order chi connectivity index (χ1) is 5.33. The molecule has 0 saturated carbocycles. The number of hydrogen-bond donors (Lipinski definition) is 1. The van der Waals surface area contributed by atoms with Crippen LogP contribution in [0.4, 0.5) is 0 Å². The van der Waals surface area contributed by atoms with Crippen LogP contribution < -0.4 is 5.32 Å². The van der Waals surface area contributed by atoms with E-state index < -0.39 is 0 Å². The average Bonchev–Trinajstić information content (AvgIpc) is 2.04. The molecule has 1 N–H and O–H groups in total. The third-order valence-electron chi connectivity index (χ3n) is 1.37. The molecule has 0 saturated heterocycles. The Morgan fingerprint density at radius 2 is 2.36 bits per heavy atom. The molecule has 0 fully saturated rings. The fourth-order valence-corrected chi connectivity index (χ4v) is 0.892. The van der Waals surface area contributed by atoms with Gasteiger partial charge in [0.2, 0.25) is 0 Å². The quantitative estimate of drug-likeness (QED) is 0.701. The molecule has 0 spiro atoms. The Kier molecular flexibility index (Phi) is 3.33. The minimum absolute atomic E-state index is 0.547. The van der Waals surface area contributed by atoms with Crippen LogP contribution in [0.5, 0.6) is 0 Å². The molecule has 3 heteroatoms. The van der Waals surface area contributed by atoms with Crippen LogP contribution in [0.15, 0.2) is 18.3 Å². The molecule has 1 heterocycles. The molecule has 0 radical (unpaired) electrons. The Morgan fingerprint density at radius 3 is 2.91 bits per heavy atom. The summed E-state index contributed by atoms with van der Waals surface area (Å²) < 4.78 is 0. The molecular weight excluding hydrogens is 160 g/mol. The molecule has 1 aromatic rings. The van der Waals surface area contributed by atoms with Gasteiger partial charge in [0.15, 0.2) is 0 Å². The first-order valence-electron chi connectivity index (χ1n) is 3.64. The number of nitrogens with one attached hydrogen (secondary N) is 1. The zero-order valence-electron chi connectivity index (χ0n) is 6.47. The van der Waals surface area contributed by atoms with Gasteiger partial charge in [0.05, 0.1) is 0 Å². The highest BCUT2D eigenvalue weighted by atomic mass is 35.5. The van der Waals surface area contributed by atoms with E-state index in [0.717, 1.165) is 18.7 Å². The lowest BCUT2D eigenvalue weighted by atomic mass is 10.3. The predicted octanol–water partition coefficient (Wildman–Crippen LogP) is 1.84. The normalized spacial score (nSPS) is 10.0. The van der Waals surface area contributed by atoms with Crippen molar-refractivity contribution in [3.05, 3.63) is 29.0 Å². The molecule has 0 unspecified atom stereocenters. The Bertz CT molecular complexity index is 208. The van der Waals surface area contributed by atoms with Crippen LogP contribution in [0.2, 0.25) is 5.15 Å². The van der Waals surface area contributed by atoms with Crippen LogP contribution in [0.3, 0.4) is 0 Å². The van der Waals surface area contributed by atoms with Gasteiger partial charge in [-0.2, -0.15) is 0 Å². The lowest BCUT2D eigenvalue weighted by molar-refractivity contribution is 0.724. The number of hydrogen-bond acceptors (Lipinski definition) is 2. The zero-order chi connectivity index (χ0) is 8.10. The highest BCUT2D eigenvalue weighted by Crippen LogP contribution is 2.04. The maximum absolute atomic E-state index is 5.61. The van der Waals surface area contributed by atoms with Crippen molar-refractivity contribution < 1.29 is 0 Å². The molecule has 2 nitrogen and oxygen atoms in total. The van der Waals surface area contributed by atoms with Crippen LogP contribution in [0.25, 0.3) is 0 Å². The van der Waals surface area contributed by atoms with Gasteiger partial charge in [0.1, 0.15) is 5.15 Å². The lowest BCUT2D eigenvalue weighted by Crippen LogP contribution is -2.11. The van der Waals surface area contributed by atoms with Gasteiger partial charge < -0.3 is 5.32 Å². The van der Waals surface area contributed by atoms with Crippen LogP contribution in [-0.4, -0.2) is 11.5 Å². The molecule has 0 amide bonds. The van der Waals surface area contributed by atoms with Gasteiger partial charge in [0, 0.05) is 12.7 Å². The molecule has 0 aliphatic carbocycles. The van der Waals surface area contributed by atoms with Gasteiger partial charge in [-0.15, -0.1) is 0 Å². The first-order valence-corrected chi connectivity index (χ1v) is 4.02. The summed E-state index contributed by atoms with van der Waals surface area (Å²) in [5, 5.41) is 3.75. The number of nitrogens with zero attached hydrogens (tertiary/aromatic N) is 1. The second kappa shape index (κ2) is 4.31. The van der Waals surface area contributed by atoms with Gasteiger partial charge in [0.25, 0.3) is 0 Å². The van der Waals surface area contributed by atoms with Gasteiger partial charge in [-0.3, -0.25) is 0 Å². The standard InChI is InChI=1S/C8H11ClN2/c1-2-10-5-7-3-4-8(9)11-6-7/h3-4,6,10H,2,5H2,1H3. The SMILES string of the molecule is CCNCc1ccc(Cl)nc1. The Morgan fingerprint density at radius 1 is 1.55 bits per heavy atom. The molecule has 1 aromatic heterocycles. The van der Waals surface area contributed by atoms with Crippen LogP contribution >= 0.6 is 11.6 Å². The third kappa shape index (κ3) is 2.87. The van der Waals surface area contributed by atoms with Crippen molar-refractivity contribution in [2.75, 3.05) is 6.54 Å². The molecular formula is C8H11ClN2. The van der Waals surface area contributed by atoms with Crippen molar-refractivity contribution in [2.45, 2.75) is 13.5 Å². The van der Waals surface area contributed by atoms with E-state index in [1.165, 1.54) is 0 Å². The molecule has 0 aliphatic heterocycles. The monoisotopic (exact) mass is 170 g/mol. The summed E-state index contributed by atoms with van der Waals surface area (Å²) in [6.07, 6.45) is 1.78. The molecule has 1 rings (SSSR count).